The topological polar surface area (TPSA) is 101 Å². The highest BCUT2D eigenvalue weighted by Crippen LogP contribution is 2.42. The number of aryl methyl sites for hydroxylation is 1. The van der Waals surface area contributed by atoms with Gasteiger partial charge in [0.25, 0.3) is 0 Å². The highest BCUT2D eigenvalue weighted by molar-refractivity contribution is 6.01. The monoisotopic (exact) mass is 647 g/mol. The van der Waals surface area contributed by atoms with Gasteiger partial charge < -0.3 is 19.5 Å². The molecule has 246 valence electrons. The van der Waals surface area contributed by atoms with E-state index in [4.69, 9.17) is 14.5 Å². The smallest absolute Gasteiger partial charge is 0.319 e. The van der Waals surface area contributed by atoms with Crippen LogP contribution in [0.2, 0.25) is 0 Å². The predicted octanol–water partition coefficient (Wildman–Crippen LogP) is 6.02. The van der Waals surface area contributed by atoms with Crippen LogP contribution in [0.4, 0.5) is 19.0 Å². The summed E-state index contributed by atoms with van der Waals surface area (Å²) in [6.45, 7) is 4.07. The molecule has 9 rings (SSSR count). The van der Waals surface area contributed by atoms with Gasteiger partial charge in [0.05, 0.1) is 17.5 Å². The number of nitrogens with zero attached hydrogens (tertiary/aromatic N) is 5. The SMILES string of the molecule is C[C@@]12CCCN(C1)c1nc(OC[C@@]34CCCN3C[C@H](F)C4)nc3c(F)c(ncc13)-c1cc(O)cc3ccc(F)c(c13)CCCC(=O)O2. The van der Waals surface area contributed by atoms with Crippen molar-refractivity contribution < 1.29 is 32.5 Å². The molecule has 12 heteroatoms. The van der Waals surface area contributed by atoms with Gasteiger partial charge in [-0.1, -0.05) is 6.07 Å². The number of ether oxygens (including phenoxy) is 2. The van der Waals surface area contributed by atoms with Crippen LogP contribution >= 0.6 is 0 Å². The molecule has 7 heterocycles. The molecule has 3 atom stereocenters. The van der Waals surface area contributed by atoms with E-state index in [2.05, 4.69) is 14.9 Å². The van der Waals surface area contributed by atoms with E-state index >= 15 is 8.78 Å². The van der Waals surface area contributed by atoms with Crippen LogP contribution in [0.1, 0.15) is 57.4 Å². The fourth-order valence-corrected chi connectivity index (χ4v) is 8.30. The number of hydrogen-bond donors (Lipinski definition) is 1. The maximum Gasteiger partial charge on any atom is 0.319 e. The van der Waals surface area contributed by atoms with Crippen LogP contribution in [0, 0.1) is 11.6 Å². The minimum atomic E-state index is -0.939. The molecule has 5 aliphatic rings. The molecule has 0 unspecified atom stereocenters. The lowest BCUT2D eigenvalue weighted by Crippen LogP contribution is -2.49. The molecule has 0 aliphatic carbocycles. The molecule has 1 N–H and O–H groups in total. The average molecular weight is 648 g/mol. The van der Waals surface area contributed by atoms with E-state index < -0.39 is 28.9 Å². The Kier molecular flexibility index (Phi) is 7.19. The molecule has 2 aromatic heterocycles. The molecule has 0 saturated carbocycles. The van der Waals surface area contributed by atoms with Gasteiger partial charge in [0.1, 0.15) is 47.0 Å². The number of piperidine rings is 1. The van der Waals surface area contributed by atoms with Crippen LogP contribution in [0.5, 0.6) is 11.8 Å². The van der Waals surface area contributed by atoms with Gasteiger partial charge in [-0.2, -0.15) is 9.97 Å². The molecule has 3 fully saturated rings. The molecule has 6 bridgehead atoms. The number of hydrogen-bond acceptors (Lipinski definition) is 9. The zero-order valence-corrected chi connectivity index (χ0v) is 26.2. The molecule has 47 heavy (non-hydrogen) atoms. The molecule has 3 saturated heterocycles. The third-order valence-electron chi connectivity index (χ3n) is 10.4. The molecular formula is C35H36F3N5O4. The third-order valence-corrected chi connectivity index (χ3v) is 10.4. The first-order valence-electron chi connectivity index (χ1n) is 16.4. The van der Waals surface area contributed by atoms with E-state index in [0.29, 0.717) is 72.9 Å². The van der Waals surface area contributed by atoms with E-state index in [-0.39, 0.29) is 54.0 Å². The molecular weight excluding hydrogens is 611 g/mol. The summed E-state index contributed by atoms with van der Waals surface area (Å²) in [6, 6.07) is 5.65. The number of esters is 1. The van der Waals surface area contributed by atoms with Gasteiger partial charge in [-0.05, 0) is 86.5 Å². The molecule has 0 amide bonds. The summed E-state index contributed by atoms with van der Waals surface area (Å²) in [7, 11) is 0. The average Bonchev–Trinajstić information content (AvgIpc) is 3.56. The number of phenolic OH excluding ortho intramolecular Hbond substituents is 1. The molecule has 9 nitrogen and oxygen atoms in total. The Labute approximate surface area is 269 Å². The van der Waals surface area contributed by atoms with E-state index in [1.165, 1.54) is 30.5 Å². The van der Waals surface area contributed by atoms with Crippen molar-refractivity contribution in [2.45, 2.75) is 75.6 Å². The number of benzene rings is 2. The van der Waals surface area contributed by atoms with Crippen molar-refractivity contribution in [3.05, 3.63) is 47.7 Å². The van der Waals surface area contributed by atoms with Crippen LogP contribution in [0.3, 0.4) is 0 Å². The highest BCUT2D eigenvalue weighted by atomic mass is 19.1. The number of rotatable bonds is 3. The van der Waals surface area contributed by atoms with Gasteiger partial charge in [-0.25, -0.2) is 13.2 Å². The van der Waals surface area contributed by atoms with Gasteiger partial charge >= 0.3 is 12.0 Å². The standard InChI is InChI=1S/C35H36F3N5O4/c1-34-9-3-11-42(18-34)32-25-16-39-30(24-14-22(44)13-20-7-8-26(37)23(28(20)24)5-2-6-27(45)47-34)29(38)31(25)40-33(41-32)46-19-35-10-4-12-43(35)17-21(36)15-35/h7-8,13-14,16,21,44H,2-6,9-12,15,17-19H2,1H3/t21-,34-,35+/m1/s1. The summed E-state index contributed by atoms with van der Waals surface area (Å²) in [5.74, 6) is -1.39. The summed E-state index contributed by atoms with van der Waals surface area (Å²) in [4.78, 5) is 31.0. The fraction of sp³-hybridized carbons (Fsp3) is 0.486. The van der Waals surface area contributed by atoms with Crippen molar-refractivity contribution in [1.82, 2.24) is 19.9 Å². The van der Waals surface area contributed by atoms with Crippen molar-refractivity contribution in [3.63, 3.8) is 0 Å². The van der Waals surface area contributed by atoms with Gasteiger partial charge in [0.2, 0.25) is 0 Å². The number of fused-ring (bicyclic) bond motifs is 6. The van der Waals surface area contributed by atoms with E-state index in [1.807, 2.05) is 11.8 Å². The highest BCUT2D eigenvalue weighted by Gasteiger charge is 2.49. The van der Waals surface area contributed by atoms with Crippen LogP contribution in [-0.4, -0.2) is 81.0 Å². The van der Waals surface area contributed by atoms with Crippen LogP contribution in [0.25, 0.3) is 32.9 Å². The molecule has 0 spiro atoms. The first kappa shape index (κ1) is 30.2. The molecule has 2 aromatic carbocycles. The first-order chi connectivity index (χ1) is 22.6. The number of carbonyl (C=O) groups is 1. The van der Waals surface area contributed by atoms with Crippen molar-refractivity contribution in [2.24, 2.45) is 0 Å². The van der Waals surface area contributed by atoms with E-state index in [1.54, 1.807) is 0 Å². The van der Waals surface area contributed by atoms with Gasteiger partial charge in [0, 0.05) is 37.7 Å². The number of anilines is 1. The number of alkyl halides is 1. The Balaban J connectivity index is 1.32. The number of aromatic hydroxyl groups is 1. The minimum absolute atomic E-state index is 0.0450. The second-order valence-corrected chi connectivity index (χ2v) is 13.8. The van der Waals surface area contributed by atoms with Crippen molar-refractivity contribution in [2.75, 3.05) is 37.7 Å². The summed E-state index contributed by atoms with van der Waals surface area (Å²) in [6.07, 6.45) is 4.54. The number of halogens is 3. The Morgan fingerprint density at radius 2 is 1.96 bits per heavy atom. The van der Waals surface area contributed by atoms with Crippen LogP contribution < -0.4 is 9.64 Å². The van der Waals surface area contributed by atoms with Gasteiger partial charge in [-0.3, -0.25) is 14.7 Å². The maximum absolute atomic E-state index is 16.9. The van der Waals surface area contributed by atoms with Crippen LogP contribution in [0.15, 0.2) is 30.5 Å². The summed E-state index contributed by atoms with van der Waals surface area (Å²) in [5, 5.41) is 11.9. The minimum Gasteiger partial charge on any atom is -0.508 e. The summed E-state index contributed by atoms with van der Waals surface area (Å²) < 4.78 is 59.1. The van der Waals surface area contributed by atoms with Crippen LogP contribution in [-0.2, 0) is 16.0 Å². The number of aromatic nitrogens is 3. The quantitative estimate of drug-likeness (QED) is 0.268. The van der Waals surface area contributed by atoms with E-state index in [9.17, 15) is 14.3 Å². The normalized spacial score (nSPS) is 26.3. The second-order valence-electron chi connectivity index (χ2n) is 13.8. The Hall–Kier alpha value is -4.19. The van der Waals surface area contributed by atoms with Crippen molar-refractivity contribution in [1.29, 1.82) is 0 Å². The Bertz CT molecular complexity index is 1930. The lowest BCUT2D eigenvalue weighted by atomic mass is 9.92. The molecule has 5 aliphatic heterocycles. The maximum atomic E-state index is 16.9. The fourth-order valence-electron chi connectivity index (χ4n) is 8.30. The Morgan fingerprint density at radius 1 is 1.11 bits per heavy atom. The summed E-state index contributed by atoms with van der Waals surface area (Å²) in [5.41, 5.74) is -0.952. The number of carbonyl (C=O) groups excluding carboxylic acids is 1. The number of pyridine rings is 1. The largest absolute Gasteiger partial charge is 0.508 e. The second kappa shape index (κ2) is 11.2. The van der Waals surface area contributed by atoms with Crippen molar-refractivity contribution in [3.8, 4) is 23.0 Å². The van der Waals surface area contributed by atoms with Crippen molar-refractivity contribution >= 4 is 33.5 Å². The predicted molar refractivity (Wildman–Crippen MR) is 169 cm³/mol. The first-order valence-corrected chi connectivity index (χ1v) is 16.4. The lowest BCUT2D eigenvalue weighted by molar-refractivity contribution is -0.159. The molecule has 0 radical (unpaired) electrons. The molecule has 4 aromatic rings. The Morgan fingerprint density at radius 3 is 2.83 bits per heavy atom. The summed E-state index contributed by atoms with van der Waals surface area (Å²) >= 11 is 0. The lowest BCUT2D eigenvalue weighted by Gasteiger charge is -2.40. The van der Waals surface area contributed by atoms with E-state index in [0.717, 1.165) is 19.4 Å². The zero-order valence-electron chi connectivity index (χ0n) is 26.2. The van der Waals surface area contributed by atoms with Gasteiger partial charge in [0.15, 0.2) is 5.82 Å². The number of phenols is 1. The third kappa shape index (κ3) is 5.21. The zero-order chi connectivity index (χ0) is 32.5. The van der Waals surface area contributed by atoms with Gasteiger partial charge in [-0.15, -0.1) is 0 Å².